The number of benzene rings is 2. The van der Waals surface area contributed by atoms with Crippen LogP contribution in [-0.2, 0) is 0 Å². The molecule has 0 bridgehead atoms. The summed E-state index contributed by atoms with van der Waals surface area (Å²) >= 11 is 0. The van der Waals surface area contributed by atoms with Gasteiger partial charge in [-0.25, -0.2) is 0 Å². The Morgan fingerprint density at radius 3 is 2.12 bits per heavy atom. The zero-order valence-corrected chi connectivity index (χ0v) is 10.9. The van der Waals surface area contributed by atoms with Crippen molar-refractivity contribution in [3.05, 3.63) is 53.1 Å². The van der Waals surface area contributed by atoms with Crippen molar-refractivity contribution in [2.75, 3.05) is 7.11 Å². The molecule has 0 aliphatic rings. The lowest BCUT2D eigenvalue weighted by Gasteiger charge is -2.12. The maximum Gasteiger partial charge on any atom is 0.119 e. The van der Waals surface area contributed by atoms with Gasteiger partial charge in [-0.3, -0.25) is 0 Å². The normalized spacial score (nSPS) is 10.4. The Labute approximate surface area is 103 Å². The van der Waals surface area contributed by atoms with Crippen LogP contribution in [-0.4, -0.2) is 7.11 Å². The summed E-state index contributed by atoms with van der Waals surface area (Å²) in [5, 5.41) is 0. The lowest BCUT2D eigenvalue weighted by Crippen LogP contribution is -1.91. The fraction of sp³-hybridized carbons (Fsp3) is 0.250. The molecule has 0 heterocycles. The maximum absolute atomic E-state index is 5.28. The Balaban J connectivity index is 2.60. The zero-order valence-electron chi connectivity index (χ0n) is 10.9. The van der Waals surface area contributed by atoms with Crippen LogP contribution in [0, 0.1) is 20.8 Å². The summed E-state index contributed by atoms with van der Waals surface area (Å²) in [5.41, 5.74) is 6.48. The molecule has 0 aliphatic heterocycles. The SMILES string of the molecule is COc1cccc(-c2c(C)cc(C)cc2C)c1. The van der Waals surface area contributed by atoms with Crippen LogP contribution in [0.1, 0.15) is 16.7 Å². The van der Waals surface area contributed by atoms with E-state index in [4.69, 9.17) is 4.74 Å². The molecule has 0 saturated carbocycles. The zero-order chi connectivity index (χ0) is 12.4. The molecule has 0 amide bonds. The summed E-state index contributed by atoms with van der Waals surface area (Å²) in [4.78, 5) is 0. The largest absolute Gasteiger partial charge is 0.497 e. The van der Waals surface area contributed by atoms with Gasteiger partial charge in [0.25, 0.3) is 0 Å². The molecule has 0 fully saturated rings. The second kappa shape index (κ2) is 4.62. The van der Waals surface area contributed by atoms with E-state index in [1.165, 1.54) is 27.8 Å². The van der Waals surface area contributed by atoms with Crippen LogP contribution in [0.4, 0.5) is 0 Å². The Morgan fingerprint density at radius 1 is 0.882 bits per heavy atom. The number of hydrogen-bond donors (Lipinski definition) is 0. The maximum atomic E-state index is 5.28. The minimum atomic E-state index is 0.905. The van der Waals surface area contributed by atoms with E-state index in [1.54, 1.807) is 7.11 Å². The van der Waals surface area contributed by atoms with Crippen LogP contribution in [0.3, 0.4) is 0 Å². The molecule has 2 rings (SSSR count). The van der Waals surface area contributed by atoms with Crippen molar-refractivity contribution in [1.82, 2.24) is 0 Å². The molecule has 0 radical (unpaired) electrons. The Kier molecular flexibility index (Phi) is 3.19. The number of methoxy groups -OCH3 is 1. The van der Waals surface area contributed by atoms with Crippen LogP contribution in [0.2, 0.25) is 0 Å². The molecule has 0 aromatic heterocycles. The molecular weight excluding hydrogens is 208 g/mol. The van der Waals surface area contributed by atoms with E-state index in [2.05, 4.69) is 45.0 Å². The van der Waals surface area contributed by atoms with Gasteiger partial charge in [-0.2, -0.15) is 0 Å². The molecular formula is C16H18O. The van der Waals surface area contributed by atoms with Gasteiger partial charge in [0.15, 0.2) is 0 Å². The van der Waals surface area contributed by atoms with Gasteiger partial charge in [-0.1, -0.05) is 29.8 Å². The van der Waals surface area contributed by atoms with Crippen LogP contribution in [0.5, 0.6) is 5.75 Å². The van der Waals surface area contributed by atoms with E-state index < -0.39 is 0 Å². The third-order valence-electron chi connectivity index (χ3n) is 3.04. The van der Waals surface area contributed by atoms with E-state index in [-0.39, 0.29) is 0 Å². The molecule has 0 atom stereocenters. The highest BCUT2D eigenvalue weighted by Gasteiger charge is 2.07. The summed E-state index contributed by atoms with van der Waals surface area (Å²) in [7, 11) is 1.70. The lowest BCUT2D eigenvalue weighted by molar-refractivity contribution is 0.415. The number of hydrogen-bond acceptors (Lipinski definition) is 1. The van der Waals surface area contributed by atoms with E-state index in [0.29, 0.717) is 0 Å². The Bertz CT molecular complexity index is 518. The molecule has 0 spiro atoms. The van der Waals surface area contributed by atoms with Crippen LogP contribution >= 0.6 is 0 Å². The standard InChI is InChI=1S/C16H18O/c1-11-8-12(2)16(13(3)9-11)14-6-5-7-15(10-14)17-4/h5-10H,1-4H3. The molecule has 17 heavy (non-hydrogen) atoms. The van der Waals surface area contributed by atoms with Crippen molar-refractivity contribution in [2.45, 2.75) is 20.8 Å². The van der Waals surface area contributed by atoms with Crippen molar-refractivity contribution in [1.29, 1.82) is 0 Å². The number of ether oxygens (including phenoxy) is 1. The van der Waals surface area contributed by atoms with Crippen molar-refractivity contribution < 1.29 is 4.74 Å². The van der Waals surface area contributed by atoms with Gasteiger partial charge in [0.1, 0.15) is 5.75 Å². The first-order valence-electron chi connectivity index (χ1n) is 5.84. The average molecular weight is 226 g/mol. The smallest absolute Gasteiger partial charge is 0.119 e. The predicted molar refractivity (Wildman–Crippen MR) is 72.6 cm³/mol. The molecule has 2 aromatic rings. The lowest BCUT2D eigenvalue weighted by atomic mass is 9.94. The van der Waals surface area contributed by atoms with E-state index in [0.717, 1.165) is 5.75 Å². The molecule has 2 aromatic carbocycles. The van der Waals surface area contributed by atoms with E-state index in [9.17, 15) is 0 Å². The van der Waals surface area contributed by atoms with E-state index in [1.807, 2.05) is 12.1 Å². The molecule has 0 aliphatic carbocycles. The molecule has 1 nitrogen and oxygen atoms in total. The second-order valence-electron chi connectivity index (χ2n) is 4.51. The highest BCUT2D eigenvalue weighted by Crippen LogP contribution is 2.30. The Morgan fingerprint density at radius 2 is 1.53 bits per heavy atom. The topological polar surface area (TPSA) is 9.23 Å². The van der Waals surface area contributed by atoms with Crippen molar-refractivity contribution in [3.63, 3.8) is 0 Å². The van der Waals surface area contributed by atoms with Gasteiger partial charge in [0, 0.05) is 0 Å². The van der Waals surface area contributed by atoms with Gasteiger partial charge in [-0.15, -0.1) is 0 Å². The minimum Gasteiger partial charge on any atom is -0.497 e. The molecule has 0 unspecified atom stereocenters. The van der Waals surface area contributed by atoms with Gasteiger partial charge < -0.3 is 4.74 Å². The molecule has 88 valence electrons. The first-order chi connectivity index (χ1) is 8.11. The summed E-state index contributed by atoms with van der Waals surface area (Å²) < 4.78 is 5.28. The van der Waals surface area contributed by atoms with Crippen molar-refractivity contribution in [2.24, 2.45) is 0 Å². The quantitative estimate of drug-likeness (QED) is 0.742. The third kappa shape index (κ3) is 2.33. The first kappa shape index (κ1) is 11.7. The minimum absolute atomic E-state index is 0.905. The van der Waals surface area contributed by atoms with Gasteiger partial charge >= 0.3 is 0 Å². The third-order valence-corrected chi connectivity index (χ3v) is 3.04. The van der Waals surface area contributed by atoms with Crippen molar-refractivity contribution in [3.8, 4) is 16.9 Å². The monoisotopic (exact) mass is 226 g/mol. The fourth-order valence-electron chi connectivity index (χ4n) is 2.41. The first-order valence-corrected chi connectivity index (χ1v) is 5.84. The number of rotatable bonds is 2. The van der Waals surface area contributed by atoms with Gasteiger partial charge in [0.05, 0.1) is 7.11 Å². The number of aryl methyl sites for hydroxylation is 3. The summed E-state index contributed by atoms with van der Waals surface area (Å²) in [6.07, 6.45) is 0. The highest BCUT2D eigenvalue weighted by molar-refractivity contribution is 5.72. The van der Waals surface area contributed by atoms with E-state index >= 15 is 0 Å². The summed E-state index contributed by atoms with van der Waals surface area (Å²) in [6.45, 7) is 6.46. The Hall–Kier alpha value is -1.76. The van der Waals surface area contributed by atoms with Crippen LogP contribution < -0.4 is 4.74 Å². The van der Waals surface area contributed by atoms with Crippen LogP contribution in [0.15, 0.2) is 36.4 Å². The van der Waals surface area contributed by atoms with Gasteiger partial charge in [0.2, 0.25) is 0 Å². The van der Waals surface area contributed by atoms with Crippen molar-refractivity contribution >= 4 is 0 Å². The second-order valence-corrected chi connectivity index (χ2v) is 4.51. The molecule has 0 saturated heterocycles. The fourth-order valence-corrected chi connectivity index (χ4v) is 2.41. The summed E-state index contributed by atoms with van der Waals surface area (Å²) in [5.74, 6) is 0.905. The summed E-state index contributed by atoms with van der Waals surface area (Å²) in [6, 6.07) is 12.7. The predicted octanol–water partition coefficient (Wildman–Crippen LogP) is 4.29. The molecule has 0 N–H and O–H groups in total. The highest BCUT2D eigenvalue weighted by atomic mass is 16.5. The average Bonchev–Trinajstić information content (AvgIpc) is 2.28. The molecule has 1 heteroatoms. The van der Waals surface area contributed by atoms with Crippen LogP contribution in [0.25, 0.3) is 11.1 Å². The van der Waals surface area contributed by atoms with Gasteiger partial charge in [-0.05, 0) is 55.2 Å².